The minimum Gasteiger partial charge on any atom is -0.452 e. The first-order valence-corrected chi connectivity index (χ1v) is 6.08. The van der Waals surface area contributed by atoms with Gasteiger partial charge in [0, 0.05) is 13.1 Å². The first-order valence-electron chi connectivity index (χ1n) is 6.08. The van der Waals surface area contributed by atoms with Crippen LogP contribution in [0, 0.1) is 5.82 Å². The molecule has 0 atom stereocenters. The number of nitrogens with two attached hydrogens (primary N) is 1. The number of ether oxygens (including phenoxy) is 1. The van der Waals surface area contributed by atoms with E-state index in [2.05, 4.69) is 0 Å². The van der Waals surface area contributed by atoms with E-state index in [1.165, 1.54) is 12.1 Å². The quantitative estimate of drug-likeness (QED) is 0.658. The van der Waals surface area contributed by atoms with Gasteiger partial charge in [-0.3, -0.25) is 4.79 Å². The molecule has 0 radical (unpaired) electrons. The smallest absolute Gasteiger partial charge is 0.338 e. The molecule has 0 unspecified atom stereocenters. The summed E-state index contributed by atoms with van der Waals surface area (Å²) in [5.41, 5.74) is 5.36. The number of halogens is 1. The van der Waals surface area contributed by atoms with Crippen LogP contribution in [0.1, 0.15) is 23.2 Å². The Morgan fingerprint density at radius 3 is 2.63 bits per heavy atom. The van der Waals surface area contributed by atoms with Gasteiger partial charge in [0.15, 0.2) is 6.61 Å². The van der Waals surface area contributed by atoms with Gasteiger partial charge in [-0.1, -0.05) is 0 Å². The number of hydrogen-bond acceptors (Lipinski definition) is 4. The molecule has 2 N–H and O–H groups in total. The van der Waals surface area contributed by atoms with Gasteiger partial charge < -0.3 is 15.4 Å². The molecule has 19 heavy (non-hydrogen) atoms. The van der Waals surface area contributed by atoms with Crippen molar-refractivity contribution in [3.63, 3.8) is 0 Å². The second-order valence-electron chi connectivity index (χ2n) is 4.40. The average Bonchev–Trinajstić information content (AvgIpc) is 2.92. The number of anilines is 1. The number of nitrogens with zero attached hydrogens (tertiary/aromatic N) is 1. The van der Waals surface area contributed by atoms with Gasteiger partial charge in [-0.15, -0.1) is 0 Å². The summed E-state index contributed by atoms with van der Waals surface area (Å²) in [6.07, 6.45) is 1.96. The Labute approximate surface area is 110 Å². The maximum absolute atomic E-state index is 12.9. The van der Waals surface area contributed by atoms with Gasteiger partial charge >= 0.3 is 5.97 Å². The Hall–Kier alpha value is -2.11. The molecule has 1 aliphatic heterocycles. The van der Waals surface area contributed by atoms with Gasteiger partial charge in [-0.05, 0) is 31.0 Å². The lowest BCUT2D eigenvalue weighted by Crippen LogP contribution is -2.32. The number of carbonyl (C=O) groups is 2. The molecule has 1 heterocycles. The van der Waals surface area contributed by atoms with Crippen molar-refractivity contribution in [2.45, 2.75) is 12.8 Å². The van der Waals surface area contributed by atoms with Crippen molar-refractivity contribution in [1.82, 2.24) is 4.90 Å². The predicted octanol–water partition coefficient (Wildman–Crippen LogP) is 1.19. The lowest BCUT2D eigenvalue weighted by molar-refractivity contribution is -0.133. The van der Waals surface area contributed by atoms with Crippen molar-refractivity contribution in [3.8, 4) is 0 Å². The monoisotopic (exact) mass is 266 g/mol. The first-order chi connectivity index (χ1) is 9.08. The molecular weight excluding hydrogens is 251 g/mol. The van der Waals surface area contributed by atoms with Crippen LogP contribution in [0.15, 0.2) is 18.2 Å². The summed E-state index contributed by atoms with van der Waals surface area (Å²) in [6, 6.07) is 3.56. The summed E-state index contributed by atoms with van der Waals surface area (Å²) in [7, 11) is 0. The lowest BCUT2D eigenvalue weighted by Gasteiger charge is -2.14. The molecule has 6 heteroatoms. The zero-order valence-electron chi connectivity index (χ0n) is 10.4. The molecule has 0 bridgehead atoms. The molecule has 0 saturated carbocycles. The largest absolute Gasteiger partial charge is 0.452 e. The van der Waals surface area contributed by atoms with E-state index in [1.54, 1.807) is 4.90 Å². The van der Waals surface area contributed by atoms with Crippen LogP contribution in [0.5, 0.6) is 0 Å². The minimum absolute atomic E-state index is 0.125. The summed E-state index contributed by atoms with van der Waals surface area (Å²) in [4.78, 5) is 25.0. The molecule has 0 aliphatic carbocycles. The normalized spacial score (nSPS) is 14.5. The number of benzene rings is 1. The molecule has 1 aliphatic rings. The molecule has 1 saturated heterocycles. The maximum Gasteiger partial charge on any atom is 0.338 e. The number of likely N-dealkylation sites (tertiary alicyclic amines) is 1. The third-order valence-electron chi connectivity index (χ3n) is 3.02. The highest BCUT2D eigenvalue weighted by atomic mass is 19.1. The molecule has 1 aromatic carbocycles. The molecule has 1 amide bonds. The molecule has 5 nitrogen and oxygen atoms in total. The van der Waals surface area contributed by atoms with Crippen LogP contribution >= 0.6 is 0 Å². The van der Waals surface area contributed by atoms with Crippen LogP contribution in [0.3, 0.4) is 0 Å². The number of esters is 1. The molecule has 1 fully saturated rings. The third-order valence-corrected chi connectivity index (χ3v) is 3.02. The zero-order valence-corrected chi connectivity index (χ0v) is 10.4. The number of nitrogen functional groups attached to an aromatic ring is 1. The Balaban J connectivity index is 1.90. The summed E-state index contributed by atoms with van der Waals surface area (Å²) >= 11 is 0. The fourth-order valence-electron chi connectivity index (χ4n) is 1.94. The van der Waals surface area contributed by atoms with Crippen molar-refractivity contribution in [1.29, 1.82) is 0 Å². The highest BCUT2D eigenvalue weighted by Crippen LogP contribution is 2.13. The zero-order chi connectivity index (χ0) is 13.8. The number of hydrogen-bond donors (Lipinski definition) is 1. The lowest BCUT2D eigenvalue weighted by atomic mass is 10.2. The third kappa shape index (κ3) is 3.21. The van der Waals surface area contributed by atoms with Crippen molar-refractivity contribution >= 4 is 17.6 Å². The second-order valence-corrected chi connectivity index (χ2v) is 4.40. The van der Waals surface area contributed by atoms with Crippen molar-refractivity contribution in [2.75, 3.05) is 25.4 Å². The van der Waals surface area contributed by atoms with Gasteiger partial charge in [-0.2, -0.15) is 0 Å². The Morgan fingerprint density at radius 2 is 2.00 bits per heavy atom. The van der Waals surface area contributed by atoms with Crippen LogP contribution in [-0.4, -0.2) is 36.5 Å². The van der Waals surface area contributed by atoms with Gasteiger partial charge in [0.2, 0.25) is 0 Å². The van der Waals surface area contributed by atoms with E-state index < -0.39 is 11.8 Å². The van der Waals surface area contributed by atoms with E-state index in [9.17, 15) is 14.0 Å². The fourth-order valence-corrected chi connectivity index (χ4v) is 1.94. The minimum atomic E-state index is -0.681. The molecule has 0 spiro atoms. The van der Waals surface area contributed by atoms with Crippen LogP contribution < -0.4 is 5.73 Å². The van der Waals surface area contributed by atoms with Crippen molar-refractivity contribution < 1.29 is 18.7 Å². The van der Waals surface area contributed by atoms with Gasteiger partial charge in [0.05, 0.1) is 11.3 Å². The van der Waals surface area contributed by atoms with E-state index in [0.29, 0.717) is 13.1 Å². The van der Waals surface area contributed by atoms with Crippen LogP contribution in [-0.2, 0) is 9.53 Å². The van der Waals surface area contributed by atoms with Gasteiger partial charge in [-0.25, -0.2) is 9.18 Å². The van der Waals surface area contributed by atoms with Gasteiger partial charge in [0.25, 0.3) is 5.91 Å². The standard InChI is InChI=1S/C13H15FN2O3/c14-10-4-3-9(7-11(10)15)13(18)19-8-12(17)16-5-1-2-6-16/h3-4,7H,1-2,5-6,8,15H2. The van der Waals surface area contributed by atoms with E-state index in [4.69, 9.17) is 10.5 Å². The predicted molar refractivity (Wildman–Crippen MR) is 66.9 cm³/mol. The topological polar surface area (TPSA) is 72.6 Å². The summed E-state index contributed by atoms with van der Waals surface area (Å²) < 4.78 is 17.8. The highest BCUT2D eigenvalue weighted by molar-refractivity contribution is 5.92. The second kappa shape index (κ2) is 5.69. The van der Waals surface area contributed by atoms with Crippen molar-refractivity contribution in [3.05, 3.63) is 29.6 Å². The maximum atomic E-state index is 12.9. The summed E-state index contributed by atoms with van der Waals surface area (Å²) in [5, 5.41) is 0. The van der Waals surface area contributed by atoms with Gasteiger partial charge in [0.1, 0.15) is 5.82 Å². The average molecular weight is 266 g/mol. The van der Waals surface area contributed by atoms with E-state index in [1.807, 2.05) is 0 Å². The van der Waals surface area contributed by atoms with Crippen molar-refractivity contribution in [2.24, 2.45) is 0 Å². The number of amides is 1. The van der Waals surface area contributed by atoms with Crippen LogP contribution in [0.4, 0.5) is 10.1 Å². The van der Waals surface area contributed by atoms with Crippen LogP contribution in [0.2, 0.25) is 0 Å². The summed E-state index contributed by atoms with van der Waals surface area (Å²) in [5.74, 6) is -1.48. The van der Waals surface area contributed by atoms with E-state index in [-0.39, 0.29) is 23.8 Å². The molecule has 1 aromatic rings. The molecule has 0 aromatic heterocycles. The Bertz CT molecular complexity index is 499. The SMILES string of the molecule is Nc1cc(C(=O)OCC(=O)N2CCCC2)ccc1F. The first kappa shape index (κ1) is 13.3. The Morgan fingerprint density at radius 1 is 1.32 bits per heavy atom. The Kier molecular flexibility index (Phi) is 3.99. The van der Waals surface area contributed by atoms with E-state index in [0.717, 1.165) is 18.9 Å². The van der Waals surface area contributed by atoms with Crippen LogP contribution in [0.25, 0.3) is 0 Å². The summed E-state index contributed by atoms with van der Waals surface area (Å²) in [6.45, 7) is 1.12. The number of carbonyl (C=O) groups excluding carboxylic acids is 2. The fraction of sp³-hybridized carbons (Fsp3) is 0.385. The molecular formula is C13H15FN2O3. The molecule has 102 valence electrons. The molecule has 2 rings (SSSR count). The number of rotatable bonds is 3. The highest BCUT2D eigenvalue weighted by Gasteiger charge is 2.19. The van der Waals surface area contributed by atoms with E-state index >= 15 is 0 Å².